The van der Waals surface area contributed by atoms with Crippen LogP contribution in [0.25, 0.3) is 0 Å². The van der Waals surface area contributed by atoms with Crippen molar-refractivity contribution in [2.75, 3.05) is 0 Å². The Morgan fingerprint density at radius 3 is 1.36 bits per heavy atom. The van der Waals surface area contributed by atoms with Gasteiger partial charge in [0.05, 0.1) is 0 Å². The van der Waals surface area contributed by atoms with Gasteiger partial charge in [-0.25, -0.2) is 0 Å². The van der Waals surface area contributed by atoms with Crippen LogP contribution in [0.3, 0.4) is 0 Å². The first-order chi connectivity index (χ1) is 6.88. The van der Waals surface area contributed by atoms with E-state index in [1.165, 1.54) is 8.79 Å². The molecule has 0 saturated heterocycles. The zero-order chi connectivity index (χ0) is 9.80. The van der Waals surface area contributed by atoms with Gasteiger partial charge < -0.3 is 0 Å². The van der Waals surface area contributed by atoms with E-state index in [0.717, 1.165) is 0 Å². The molecule has 0 fully saturated rings. The first-order valence-electron chi connectivity index (χ1n) is 4.51. The third kappa shape index (κ3) is 2.20. The van der Waals surface area contributed by atoms with Crippen LogP contribution >= 0.6 is 10.0 Å². The Labute approximate surface area is 92.8 Å². The fourth-order valence-corrected chi connectivity index (χ4v) is 5.38. The Hall–Kier alpha value is -0.727. The van der Waals surface area contributed by atoms with Gasteiger partial charge in [0.15, 0.2) is 0 Å². The third-order valence-electron chi connectivity index (χ3n) is 2.05. The summed E-state index contributed by atoms with van der Waals surface area (Å²) in [6, 6.07) is 20.7. The van der Waals surface area contributed by atoms with Crippen molar-refractivity contribution in [1.82, 2.24) is 0 Å². The topological polar surface area (TPSA) is 0 Å². The second-order valence-electron chi connectivity index (χ2n) is 3.05. The van der Waals surface area contributed by atoms with Gasteiger partial charge in [0.1, 0.15) is 0 Å². The van der Waals surface area contributed by atoms with Crippen molar-refractivity contribution >= 4 is 32.2 Å². The molecule has 0 aliphatic carbocycles. The van der Waals surface area contributed by atoms with Crippen molar-refractivity contribution in [2.24, 2.45) is 0 Å². The summed E-state index contributed by atoms with van der Waals surface area (Å²) in [5, 5.41) is 0. The summed E-state index contributed by atoms with van der Waals surface area (Å²) in [6.07, 6.45) is 0. The van der Waals surface area contributed by atoms with Crippen LogP contribution < -0.4 is 8.79 Å². The van der Waals surface area contributed by atoms with E-state index in [4.69, 9.17) is 10.0 Å². The molecule has 0 amide bonds. The van der Waals surface area contributed by atoms with E-state index in [9.17, 15) is 0 Å². The molecule has 0 atom stereocenters. The molecule has 1 radical (unpaired) electrons. The molecule has 2 aromatic rings. The van der Waals surface area contributed by atoms with E-state index in [0.29, 0.717) is 0 Å². The molecule has 0 heterocycles. The fourth-order valence-electron chi connectivity index (χ4n) is 1.34. The fraction of sp³-hybridized carbons (Fsp3) is 0. The summed E-state index contributed by atoms with van der Waals surface area (Å²) in [6.45, 7) is 0. The van der Waals surface area contributed by atoms with Gasteiger partial charge in [0.2, 0.25) is 0 Å². The third-order valence-corrected chi connectivity index (χ3v) is 7.85. The maximum absolute atomic E-state index is 6.50. The molecule has 2 aromatic carbocycles. The van der Waals surface area contributed by atoms with E-state index in [1.807, 2.05) is 36.4 Å². The van der Waals surface area contributed by atoms with Crippen molar-refractivity contribution < 1.29 is 0 Å². The Bertz CT molecular complexity index is 346. The van der Waals surface area contributed by atoms with Gasteiger partial charge in [-0.2, -0.15) is 0 Å². The van der Waals surface area contributed by atoms with Crippen LogP contribution in [0.4, 0.5) is 0 Å². The van der Waals surface area contributed by atoms with E-state index in [-0.39, 0.29) is 0 Å². The second-order valence-corrected chi connectivity index (χ2v) is 8.75. The molecule has 0 spiro atoms. The zero-order valence-corrected chi connectivity index (χ0v) is 10.5. The number of halogens is 1. The van der Waals surface area contributed by atoms with Gasteiger partial charge in [0.25, 0.3) is 0 Å². The number of hydrogen-bond acceptors (Lipinski definition) is 0. The molecule has 0 saturated carbocycles. The first kappa shape index (κ1) is 9.81. The maximum atomic E-state index is 6.50. The van der Waals surface area contributed by atoms with Crippen LogP contribution in [0.15, 0.2) is 60.7 Å². The monoisotopic (exact) mass is 263 g/mol. The first-order valence-corrected chi connectivity index (χ1v) is 9.37. The quantitative estimate of drug-likeness (QED) is 0.726. The molecule has 2 rings (SSSR count). The molecule has 69 valence electrons. The molecular weight excluding hydrogens is 252 g/mol. The van der Waals surface area contributed by atoms with Crippen molar-refractivity contribution in [1.29, 1.82) is 0 Å². The molecular formula is C12H10ClGe. The van der Waals surface area contributed by atoms with E-state index in [1.54, 1.807) is 0 Å². The molecule has 2 heteroatoms. The number of benzene rings is 2. The van der Waals surface area contributed by atoms with Crippen LogP contribution in [0.2, 0.25) is 0 Å². The number of rotatable bonds is 2. The Morgan fingerprint density at radius 1 is 0.643 bits per heavy atom. The molecule has 0 nitrogen and oxygen atoms in total. The second kappa shape index (κ2) is 4.67. The van der Waals surface area contributed by atoms with E-state index in [2.05, 4.69) is 24.3 Å². The Kier molecular flexibility index (Phi) is 3.27. The SMILES string of the molecule is [Cl][Ge]([c]1ccccc1)[c]1ccccc1. The van der Waals surface area contributed by atoms with Crippen LogP contribution in [0.1, 0.15) is 0 Å². The molecule has 0 aliphatic rings. The Balaban J connectivity index is 2.30. The predicted octanol–water partition coefficient (Wildman–Crippen LogP) is 2.03. The minimum absolute atomic E-state index is 1.31. The van der Waals surface area contributed by atoms with Crippen LogP contribution in [-0.2, 0) is 0 Å². The number of hydrogen-bond donors (Lipinski definition) is 0. The molecule has 14 heavy (non-hydrogen) atoms. The summed E-state index contributed by atoms with van der Waals surface area (Å²) in [5.41, 5.74) is 0. The van der Waals surface area contributed by atoms with E-state index < -0.39 is 13.4 Å². The predicted molar refractivity (Wildman–Crippen MR) is 63.8 cm³/mol. The van der Waals surface area contributed by atoms with Crippen molar-refractivity contribution in [2.45, 2.75) is 0 Å². The van der Waals surface area contributed by atoms with Crippen LogP contribution in [0.5, 0.6) is 0 Å². The molecule has 0 bridgehead atoms. The van der Waals surface area contributed by atoms with Crippen molar-refractivity contribution in [3.8, 4) is 0 Å². The summed E-state index contributed by atoms with van der Waals surface area (Å²) in [5.74, 6) is 0. The molecule has 0 N–H and O–H groups in total. The minimum atomic E-state index is -1.73. The summed E-state index contributed by atoms with van der Waals surface area (Å²) in [7, 11) is 6.50. The summed E-state index contributed by atoms with van der Waals surface area (Å²) >= 11 is -1.73. The van der Waals surface area contributed by atoms with Crippen molar-refractivity contribution in [3.05, 3.63) is 60.7 Å². The molecule has 0 aliphatic heterocycles. The summed E-state index contributed by atoms with van der Waals surface area (Å²) < 4.78 is 2.61. The Morgan fingerprint density at radius 2 is 1.00 bits per heavy atom. The van der Waals surface area contributed by atoms with E-state index >= 15 is 0 Å². The van der Waals surface area contributed by atoms with Gasteiger partial charge >= 0.3 is 92.9 Å². The van der Waals surface area contributed by atoms with Gasteiger partial charge in [-0.15, -0.1) is 0 Å². The average molecular weight is 262 g/mol. The average Bonchev–Trinajstić information content (AvgIpc) is 2.30. The zero-order valence-electron chi connectivity index (χ0n) is 7.65. The molecule has 0 aromatic heterocycles. The standard InChI is InChI=1S/C12H10ClGe/c13-14(11-7-3-1-4-8-11)12-9-5-2-6-10-12/h1-10H. The van der Waals surface area contributed by atoms with Crippen LogP contribution in [-0.4, -0.2) is 13.4 Å². The normalized spacial score (nSPS) is 10.4. The molecule has 0 unspecified atom stereocenters. The van der Waals surface area contributed by atoms with Gasteiger partial charge in [0, 0.05) is 0 Å². The van der Waals surface area contributed by atoms with Crippen molar-refractivity contribution in [3.63, 3.8) is 0 Å². The van der Waals surface area contributed by atoms with Gasteiger partial charge in [-0.05, 0) is 0 Å². The van der Waals surface area contributed by atoms with Crippen LogP contribution in [0, 0.1) is 0 Å². The summed E-state index contributed by atoms with van der Waals surface area (Å²) in [4.78, 5) is 0. The van der Waals surface area contributed by atoms with Gasteiger partial charge in [-0.3, -0.25) is 0 Å². The van der Waals surface area contributed by atoms with Gasteiger partial charge in [-0.1, -0.05) is 0 Å².